The fraction of sp³-hybridized carbons (Fsp3) is 0.533. The summed E-state index contributed by atoms with van der Waals surface area (Å²) in [5.74, 6) is -2.47. The third-order valence-corrected chi connectivity index (χ3v) is 4.26. The molecule has 1 fully saturated rings. The second-order valence-corrected chi connectivity index (χ2v) is 5.91. The van der Waals surface area contributed by atoms with E-state index in [0.717, 1.165) is 6.07 Å². The third-order valence-electron chi connectivity index (χ3n) is 4.03. The molecule has 0 atom stereocenters. The van der Waals surface area contributed by atoms with Gasteiger partial charge < -0.3 is 0 Å². The lowest BCUT2D eigenvalue weighted by Gasteiger charge is -2.29. The van der Waals surface area contributed by atoms with Gasteiger partial charge in [0.1, 0.15) is 11.6 Å². The van der Waals surface area contributed by atoms with Crippen molar-refractivity contribution in [2.75, 3.05) is 0 Å². The van der Waals surface area contributed by atoms with Crippen LogP contribution >= 0.6 is 11.6 Å². The molecule has 6 heteroatoms. The van der Waals surface area contributed by atoms with E-state index in [0.29, 0.717) is 0 Å². The van der Waals surface area contributed by atoms with Gasteiger partial charge in [-0.1, -0.05) is 17.7 Å². The van der Waals surface area contributed by atoms with Gasteiger partial charge in [-0.3, -0.25) is 4.79 Å². The van der Waals surface area contributed by atoms with E-state index >= 15 is 0 Å². The molecule has 0 unspecified atom stereocenters. The summed E-state index contributed by atoms with van der Waals surface area (Å²) in [6, 6.07) is 4.06. The van der Waals surface area contributed by atoms with Gasteiger partial charge >= 0.3 is 6.18 Å². The first kappa shape index (κ1) is 16.3. The maximum absolute atomic E-state index is 13.6. The Morgan fingerprint density at radius 1 is 1.19 bits per heavy atom. The fourth-order valence-corrected chi connectivity index (χ4v) is 2.90. The number of ketones is 1. The number of alkyl halides is 3. The minimum atomic E-state index is -4.18. The van der Waals surface area contributed by atoms with Crippen LogP contribution in [-0.2, 0) is 11.2 Å². The van der Waals surface area contributed by atoms with E-state index in [1.54, 1.807) is 0 Å². The monoisotopic (exact) mass is 322 g/mol. The topological polar surface area (TPSA) is 17.1 Å². The summed E-state index contributed by atoms with van der Waals surface area (Å²) < 4.78 is 51.3. The van der Waals surface area contributed by atoms with Gasteiger partial charge in [-0.15, -0.1) is 0 Å². The first-order valence-electron chi connectivity index (χ1n) is 6.80. The van der Waals surface area contributed by atoms with Gasteiger partial charge in [0.15, 0.2) is 0 Å². The average molecular weight is 323 g/mol. The van der Waals surface area contributed by atoms with Gasteiger partial charge in [0, 0.05) is 17.4 Å². The van der Waals surface area contributed by atoms with Crippen molar-refractivity contribution in [3.8, 4) is 0 Å². The zero-order valence-electron chi connectivity index (χ0n) is 11.2. The highest BCUT2D eigenvalue weighted by atomic mass is 35.5. The van der Waals surface area contributed by atoms with E-state index in [4.69, 9.17) is 11.6 Å². The number of hydrogen-bond donors (Lipinski definition) is 0. The van der Waals surface area contributed by atoms with Gasteiger partial charge in [-0.25, -0.2) is 4.39 Å². The maximum atomic E-state index is 13.6. The molecule has 1 saturated carbocycles. The van der Waals surface area contributed by atoms with Gasteiger partial charge in [-0.2, -0.15) is 13.2 Å². The van der Waals surface area contributed by atoms with Crippen molar-refractivity contribution in [1.82, 2.24) is 0 Å². The number of rotatable bonds is 3. The van der Waals surface area contributed by atoms with Crippen LogP contribution < -0.4 is 0 Å². The summed E-state index contributed by atoms with van der Waals surface area (Å²) >= 11 is 5.63. The number of halogens is 5. The maximum Gasteiger partial charge on any atom is 0.391 e. The molecule has 2 rings (SSSR count). The third kappa shape index (κ3) is 4.19. The number of hydrogen-bond acceptors (Lipinski definition) is 1. The Balaban J connectivity index is 1.93. The van der Waals surface area contributed by atoms with E-state index in [1.807, 2.05) is 0 Å². The van der Waals surface area contributed by atoms with Gasteiger partial charge in [0.25, 0.3) is 0 Å². The Kier molecular flexibility index (Phi) is 4.91. The van der Waals surface area contributed by atoms with E-state index in [1.165, 1.54) is 12.1 Å². The van der Waals surface area contributed by atoms with Crippen molar-refractivity contribution in [3.63, 3.8) is 0 Å². The Hall–Kier alpha value is -1.10. The summed E-state index contributed by atoms with van der Waals surface area (Å²) in [6.07, 6.45) is -3.89. The molecule has 1 aliphatic rings. The van der Waals surface area contributed by atoms with Crippen LogP contribution in [0.5, 0.6) is 0 Å². The smallest absolute Gasteiger partial charge is 0.299 e. The molecule has 0 amide bonds. The molecule has 116 valence electrons. The lowest BCUT2D eigenvalue weighted by atomic mass is 9.78. The molecular formula is C15H15ClF4O. The molecule has 1 aromatic rings. The number of carbonyl (C=O) groups is 1. The first-order chi connectivity index (χ1) is 9.77. The Bertz CT molecular complexity index is 519. The minimum Gasteiger partial charge on any atom is -0.299 e. The summed E-state index contributed by atoms with van der Waals surface area (Å²) in [5, 5.41) is 0.245. The van der Waals surface area contributed by atoms with Crippen LogP contribution in [0.4, 0.5) is 17.6 Å². The molecule has 1 aromatic carbocycles. The van der Waals surface area contributed by atoms with Crippen LogP contribution in [-0.4, -0.2) is 12.0 Å². The summed E-state index contributed by atoms with van der Waals surface area (Å²) in [7, 11) is 0. The van der Waals surface area contributed by atoms with E-state index in [9.17, 15) is 22.4 Å². The molecule has 1 aliphatic carbocycles. The standard InChI is InChI=1S/C15H15ClF4O/c16-12-6-3-10(13(17)8-12)7-14(21)9-1-4-11(5-2-9)15(18,19)20/h3,6,8-9,11H,1-2,4-5,7H2. The molecule has 0 spiro atoms. The number of carbonyl (C=O) groups excluding carboxylic acids is 1. The molecule has 0 heterocycles. The minimum absolute atomic E-state index is 0.0248. The molecule has 21 heavy (non-hydrogen) atoms. The van der Waals surface area contributed by atoms with Crippen molar-refractivity contribution in [3.05, 3.63) is 34.6 Å². The highest BCUT2D eigenvalue weighted by Crippen LogP contribution is 2.40. The molecule has 0 radical (unpaired) electrons. The summed E-state index contributed by atoms with van der Waals surface area (Å²) in [6.45, 7) is 0. The van der Waals surface area contributed by atoms with E-state index in [-0.39, 0.29) is 48.5 Å². The Labute approximate surface area is 125 Å². The zero-order valence-corrected chi connectivity index (χ0v) is 12.0. The van der Waals surface area contributed by atoms with Crippen LogP contribution in [0.25, 0.3) is 0 Å². The van der Waals surface area contributed by atoms with E-state index in [2.05, 4.69) is 0 Å². The highest BCUT2D eigenvalue weighted by molar-refractivity contribution is 6.30. The van der Waals surface area contributed by atoms with Crippen LogP contribution in [0.3, 0.4) is 0 Å². The van der Waals surface area contributed by atoms with Crippen molar-refractivity contribution in [2.24, 2.45) is 11.8 Å². The van der Waals surface area contributed by atoms with Crippen LogP contribution in [0, 0.1) is 17.7 Å². The summed E-state index contributed by atoms with van der Waals surface area (Å²) in [5.41, 5.74) is 0.238. The SMILES string of the molecule is O=C(Cc1ccc(Cl)cc1F)C1CCC(C(F)(F)F)CC1. The second-order valence-electron chi connectivity index (χ2n) is 5.47. The summed E-state index contributed by atoms with van der Waals surface area (Å²) in [4.78, 5) is 12.1. The lowest BCUT2D eigenvalue weighted by Crippen LogP contribution is -2.30. The first-order valence-corrected chi connectivity index (χ1v) is 7.18. The Morgan fingerprint density at radius 2 is 1.81 bits per heavy atom. The van der Waals surface area contributed by atoms with Crippen LogP contribution in [0.15, 0.2) is 18.2 Å². The van der Waals surface area contributed by atoms with Gasteiger partial charge in [0.2, 0.25) is 0 Å². The van der Waals surface area contributed by atoms with Crippen molar-refractivity contribution in [1.29, 1.82) is 0 Å². The highest BCUT2D eigenvalue weighted by Gasteiger charge is 2.42. The molecule has 0 saturated heterocycles. The molecule has 0 bridgehead atoms. The van der Waals surface area contributed by atoms with Gasteiger partial charge in [0.05, 0.1) is 5.92 Å². The largest absolute Gasteiger partial charge is 0.391 e. The lowest BCUT2D eigenvalue weighted by molar-refractivity contribution is -0.184. The van der Waals surface area contributed by atoms with Crippen molar-refractivity contribution in [2.45, 2.75) is 38.3 Å². The molecule has 0 aromatic heterocycles. The normalized spacial score (nSPS) is 23.1. The fourth-order valence-electron chi connectivity index (χ4n) is 2.74. The van der Waals surface area contributed by atoms with Crippen molar-refractivity contribution < 1.29 is 22.4 Å². The second kappa shape index (κ2) is 6.34. The molecule has 0 N–H and O–H groups in total. The van der Waals surface area contributed by atoms with Crippen LogP contribution in [0.1, 0.15) is 31.2 Å². The quantitative estimate of drug-likeness (QED) is 0.719. The predicted molar refractivity (Wildman–Crippen MR) is 71.6 cm³/mol. The predicted octanol–water partition coefficient (Wildman–Crippen LogP) is 4.96. The average Bonchev–Trinajstić information content (AvgIpc) is 2.41. The van der Waals surface area contributed by atoms with Crippen LogP contribution in [0.2, 0.25) is 5.02 Å². The molecule has 1 nitrogen and oxygen atoms in total. The number of Topliss-reactive ketones (excluding diaryl/α,β-unsaturated/α-hetero) is 1. The zero-order chi connectivity index (χ0) is 15.6. The van der Waals surface area contributed by atoms with Crippen molar-refractivity contribution >= 4 is 17.4 Å². The van der Waals surface area contributed by atoms with Gasteiger partial charge in [-0.05, 0) is 43.4 Å². The van der Waals surface area contributed by atoms with E-state index < -0.39 is 23.8 Å². The molecule has 0 aliphatic heterocycles. The number of benzene rings is 1. The Morgan fingerprint density at radius 3 is 2.33 bits per heavy atom. The molecular weight excluding hydrogens is 308 g/mol.